The van der Waals surface area contributed by atoms with Crippen LogP contribution >= 0.6 is 0 Å². The van der Waals surface area contributed by atoms with Gasteiger partial charge < -0.3 is 26.6 Å². The minimum Gasteiger partial charge on any atom is -0.395 e. The molecule has 0 amide bonds. The van der Waals surface area contributed by atoms with Crippen LogP contribution in [0.5, 0.6) is 0 Å². The van der Waals surface area contributed by atoms with Crippen molar-refractivity contribution in [3.63, 3.8) is 0 Å². The Morgan fingerprint density at radius 1 is 1.14 bits per heavy atom. The lowest BCUT2D eigenvalue weighted by atomic mass is 10.3. The first-order valence-electron chi connectivity index (χ1n) is 6.59. The Hall–Kier alpha value is -2.72. The summed E-state index contributed by atoms with van der Waals surface area (Å²) in [6, 6.07) is 3.43. The Labute approximate surface area is 126 Å². The molecule has 0 unspecified atom stereocenters. The van der Waals surface area contributed by atoms with Crippen LogP contribution in [0, 0.1) is 0 Å². The van der Waals surface area contributed by atoms with Crippen molar-refractivity contribution in [3.8, 4) is 0 Å². The molecule has 2 heterocycles. The summed E-state index contributed by atoms with van der Waals surface area (Å²) < 4.78 is 0. The highest BCUT2D eigenvalue weighted by atomic mass is 16.3. The Morgan fingerprint density at radius 2 is 1.86 bits per heavy atom. The molecule has 0 aliphatic heterocycles. The average molecular weight is 306 g/mol. The van der Waals surface area contributed by atoms with Gasteiger partial charge in [0.2, 0.25) is 0 Å². The van der Waals surface area contributed by atoms with Crippen molar-refractivity contribution in [2.24, 2.45) is 10.2 Å². The molecule has 0 bridgehead atoms. The predicted molar refractivity (Wildman–Crippen MR) is 82.2 cm³/mol. The van der Waals surface area contributed by atoms with Gasteiger partial charge in [-0.25, -0.2) is 4.98 Å². The number of azo groups is 1. The topological polar surface area (TPSA) is 162 Å². The van der Waals surface area contributed by atoms with Crippen LogP contribution in [0.2, 0.25) is 0 Å². The van der Waals surface area contributed by atoms with Crippen molar-refractivity contribution < 1.29 is 10.2 Å². The molecule has 2 aromatic heterocycles. The number of H-pyrrole nitrogens is 1. The van der Waals surface area contributed by atoms with Crippen LogP contribution in [-0.2, 0) is 0 Å². The second kappa shape index (κ2) is 7.33. The summed E-state index contributed by atoms with van der Waals surface area (Å²) in [6.45, 7) is 0.720. The molecule has 10 nitrogen and oxygen atoms in total. The summed E-state index contributed by atoms with van der Waals surface area (Å²) >= 11 is 0. The second-order valence-corrected chi connectivity index (χ2v) is 4.38. The third-order valence-corrected chi connectivity index (χ3v) is 2.86. The van der Waals surface area contributed by atoms with E-state index in [2.05, 4.69) is 25.4 Å². The number of aliphatic hydroxyl groups is 2. The molecule has 2 aromatic rings. The fourth-order valence-electron chi connectivity index (χ4n) is 1.78. The maximum Gasteiger partial charge on any atom is 0.175 e. The molecule has 0 atom stereocenters. The number of hydrogen-bond acceptors (Lipinski definition) is 9. The first-order valence-corrected chi connectivity index (χ1v) is 6.59. The molecule has 0 aliphatic rings. The monoisotopic (exact) mass is 306 g/mol. The van der Waals surface area contributed by atoms with Crippen LogP contribution in [-0.4, -0.2) is 51.7 Å². The number of nitrogens with two attached hydrogens (primary N) is 2. The lowest BCUT2D eigenvalue weighted by Gasteiger charge is -2.21. The largest absolute Gasteiger partial charge is 0.395 e. The van der Waals surface area contributed by atoms with E-state index >= 15 is 0 Å². The fourth-order valence-corrected chi connectivity index (χ4v) is 1.78. The molecule has 2 rings (SSSR count). The highest BCUT2D eigenvalue weighted by Gasteiger charge is 2.08. The molecule has 0 aromatic carbocycles. The minimum atomic E-state index is -0.0256. The highest BCUT2D eigenvalue weighted by Crippen LogP contribution is 2.28. The number of nitrogens with zero attached hydrogens (tertiary/aromatic N) is 5. The molecular formula is C12H18N8O2. The van der Waals surface area contributed by atoms with Gasteiger partial charge in [-0.1, -0.05) is 0 Å². The van der Waals surface area contributed by atoms with Crippen LogP contribution in [0.3, 0.4) is 0 Å². The van der Waals surface area contributed by atoms with Crippen molar-refractivity contribution in [2.45, 2.75) is 0 Å². The van der Waals surface area contributed by atoms with Crippen LogP contribution in [0.15, 0.2) is 28.6 Å². The minimum absolute atomic E-state index is 0.0256. The summed E-state index contributed by atoms with van der Waals surface area (Å²) in [7, 11) is 0. The molecule has 0 saturated carbocycles. The van der Waals surface area contributed by atoms with Gasteiger partial charge in [-0.15, -0.1) is 10.2 Å². The summed E-state index contributed by atoms with van der Waals surface area (Å²) in [5.41, 5.74) is 12.0. The fraction of sp³-hybridized carbons (Fsp3) is 0.333. The zero-order chi connectivity index (χ0) is 15.9. The molecule has 7 N–H and O–H groups in total. The molecule has 0 spiro atoms. The standard InChI is InChI=1S/C12H18N8O2/c13-11-10(12(14)19-18-11)17-16-8-1-2-9(15-7-8)20(3-5-21)4-6-22/h1-2,7,21-22H,3-6H2,(H5,13,14,18,19). The van der Waals surface area contributed by atoms with E-state index in [0.29, 0.717) is 24.6 Å². The van der Waals surface area contributed by atoms with Gasteiger partial charge in [-0.3, -0.25) is 5.10 Å². The number of hydrogen-bond donors (Lipinski definition) is 5. The van der Waals surface area contributed by atoms with Gasteiger partial charge >= 0.3 is 0 Å². The van der Waals surface area contributed by atoms with Crippen LogP contribution in [0.4, 0.5) is 28.8 Å². The van der Waals surface area contributed by atoms with E-state index in [-0.39, 0.29) is 30.5 Å². The number of aromatic nitrogens is 3. The number of rotatable bonds is 7. The van der Waals surface area contributed by atoms with Crippen molar-refractivity contribution >= 4 is 28.8 Å². The number of anilines is 3. The van der Waals surface area contributed by atoms with Gasteiger partial charge in [0.1, 0.15) is 17.3 Å². The Morgan fingerprint density at radius 3 is 2.36 bits per heavy atom. The van der Waals surface area contributed by atoms with E-state index in [9.17, 15) is 0 Å². The molecule has 0 radical (unpaired) electrons. The van der Waals surface area contributed by atoms with Crippen molar-refractivity contribution in [1.82, 2.24) is 15.2 Å². The predicted octanol–water partition coefficient (Wildman–Crippen LogP) is 0.175. The Kier molecular flexibility index (Phi) is 5.22. The third kappa shape index (κ3) is 3.68. The van der Waals surface area contributed by atoms with E-state index in [1.54, 1.807) is 17.0 Å². The number of aliphatic hydroxyl groups excluding tert-OH is 2. The van der Waals surface area contributed by atoms with Crippen molar-refractivity contribution in [3.05, 3.63) is 18.3 Å². The number of nitrogens with one attached hydrogen (secondary N) is 1. The molecule has 118 valence electrons. The average Bonchev–Trinajstić information content (AvgIpc) is 2.84. The zero-order valence-corrected chi connectivity index (χ0v) is 11.8. The Balaban J connectivity index is 2.11. The van der Waals surface area contributed by atoms with E-state index < -0.39 is 0 Å². The lowest BCUT2D eigenvalue weighted by Crippen LogP contribution is -2.30. The quantitative estimate of drug-likeness (QED) is 0.455. The Bertz CT molecular complexity index is 599. The lowest BCUT2D eigenvalue weighted by molar-refractivity contribution is 0.280. The van der Waals surface area contributed by atoms with Gasteiger partial charge in [-0.2, -0.15) is 5.10 Å². The van der Waals surface area contributed by atoms with Gasteiger partial charge in [0.15, 0.2) is 11.5 Å². The summed E-state index contributed by atoms with van der Waals surface area (Å²) in [6.07, 6.45) is 1.52. The second-order valence-electron chi connectivity index (χ2n) is 4.38. The van der Waals surface area contributed by atoms with Gasteiger partial charge in [0, 0.05) is 13.1 Å². The van der Waals surface area contributed by atoms with Crippen LogP contribution in [0.25, 0.3) is 0 Å². The molecule has 0 saturated heterocycles. The summed E-state index contributed by atoms with van der Waals surface area (Å²) in [4.78, 5) is 5.98. The molecular weight excluding hydrogens is 288 g/mol. The van der Waals surface area contributed by atoms with Gasteiger partial charge in [0.25, 0.3) is 0 Å². The first kappa shape index (κ1) is 15.7. The molecule has 0 fully saturated rings. The highest BCUT2D eigenvalue weighted by molar-refractivity contribution is 5.70. The maximum absolute atomic E-state index is 9.00. The van der Waals surface area contributed by atoms with Crippen molar-refractivity contribution in [2.75, 3.05) is 42.7 Å². The molecule has 0 aliphatic carbocycles. The molecule has 22 heavy (non-hydrogen) atoms. The summed E-state index contributed by atoms with van der Waals surface area (Å²) in [5, 5.41) is 32.1. The number of pyridine rings is 1. The van der Waals surface area contributed by atoms with E-state index in [0.717, 1.165) is 0 Å². The van der Waals surface area contributed by atoms with Crippen LogP contribution < -0.4 is 16.4 Å². The SMILES string of the molecule is Nc1n[nH]c(N)c1N=Nc1ccc(N(CCO)CCO)nc1. The van der Waals surface area contributed by atoms with E-state index in [4.69, 9.17) is 21.7 Å². The van der Waals surface area contributed by atoms with Crippen molar-refractivity contribution in [1.29, 1.82) is 0 Å². The normalized spacial score (nSPS) is 11.2. The number of aromatic amines is 1. The smallest absolute Gasteiger partial charge is 0.175 e. The van der Waals surface area contributed by atoms with Gasteiger partial charge in [-0.05, 0) is 12.1 Å². The third-order valence-electron chi connectivity index (χ3n) is 2.86. The van der Waals surface area contributed by atoms with Crippen LogP contribution in [0.1, 0.15) is 0 Å². The summed E-state index contributed by atoms with van der Waals surface area (Å²) in [5.74, 6) is 1.04. The zero-order valence-electron chi connectivity index (χ0n) is 11.8. The molecule has 10 heteroatoms. The van der Waals surface area contributed by atoms with E-state index in [1.807, 2.05) is 0 Å². The van der Waals surface area contributed by atoms with E-state index in [1.165, 1.54) is 6.20 Å². The number of nitrogen functional groups attached to an aromatic ring is 2. The van der Waals surface area contributed by atoms with Gasteiger partial charge in [0.05, 0.1) is 19.4 Å². The maximum atomic E-state index is 9.00. The first-order chi connectivity index (χ1) is 10.7.